The maximum atomic E-state index is 12.0. The van der Waals surface area contributed by atoms with Gasteiger partial charge in [0.1, 0.15) is 22.7 Å². The summed E-state index contributed by atoms with van der Waals surface area (Å²) >= 11 is 0. The first-order valence-electron chi connectivity index (χ1n) is 7.36. The molecule has 0 aromatic heterocycles. The number of ether oxygens (including phenoxy) is 1. The molecule has 1 aliphatic carbocycles. The molecule has 4 rings (SSSR count). The summed E-state index contributed by atoms with van der Waals surface area (Å²) in [5.74, 6) is 1.20. The molecular formula is C19H13NO4. The normalized spacial score (nSPS) is 11.0. The number of aromatic nitrogens is 1. The fourth-order valence-corrected chi connectivity index (χ4v) is 2.68. The smallest absolute Gasteiger partial charge is 0.183 e. The average molecular weight is 319 g/mol. The van der Waals surface area contributed by atoms with Crippen molar-refractivity contribution in [3.05, 3.63) is 64.8 Å². The molecule has 2 aliphatic rings. The third-order valence-corrected chi connectivity index (χ3v) is 3.85. The molecule has 0 spiro atoms. The molecule has 1 aliphatic heterocycles. The Morgan fingerprint density at radius 3 is 2.58 bits per heavy atom. The maximum Gasteiger partial charge on any atom is 0.183 e. The van der Waals surface area contributed by atoms with Crippen molar-refractivity contribution in [2.45, 2.75) is 0 Å². The van der Waals surface area contributed by atoms with Gasteiger partial charge >= 0.3 is 0 Å². The fourth-order valence-electron chi connectivity index (χ4n) is 2.68. The van der Waals surface area contributed by atoms with E-state index in [1.807, 2.05) is 24.3 Å². The number of phenolic OH excluding ortho intramolecular Hbond substituents is 1. The van der Waals surface area contributed by atoms with Crippen LogP contribution in [-0.2, 0) is 0 Å². The SMILES string of the molecule is COc1ccc(-c2cc(=O)cc3oc4cc(O)ccc4nc2-3)cc1. The highest BCUT2D eigenvalue weighted by Crippen LogP contribution is 2.34. The van der Waals surface area contributed by atoms with Crippen LogP contribution in [0.3, 0.4) is 0 Å². The number of aromatic hydroxyl groups is 1. The Hall–Kier alpha value is -3.34. The summed E-state index contributed by atoms with van der Waals surface area (Å²) in [6, 6.07) is 15.0. The Morgan fingerprint density at radius 1 is 1.04 bits per heavy atom. The molecule has 1 heterocycles. The van der Waals surface area contributed by atoms with Gasteiger partial charge in [0.25, 0.3) is 0 Å². The zero-order valence-electron chi connectivity index (χ0n) is 12.8. The molecule has 2 aromatic rings. The molecule has 1 N–H and O–H groups in total. The van der Waals surface area contributed by atoms with Crippen molar-refractivity contribution in [1.29, 1.82) is 0 Å². The van der Waals surface area contributed by atoms with Gasteiger partial charge in [-0.15, -0.1) is 0 Å². The van der Waals surface area contributed by atoms with Crippen LogP contribution in [0.5, 0.6) is 11.5 Å². The first-order valence-corrected chi connectivity index (χ1v) is 7.36. The first-order chi connectivity index (χ1) is 11.6. The fraction of sp³-hybridized carbons (Fsp3) is 0.0526. The second-order valence-electron chi connectivity index (χ2n) is 5.41. The zero-order chi connectivity index (χ0) is 16.7. The molecule has 0 atom stereocenters. The second kappa shape index (κ2) is 5.38. The Labute approximate surface area is 137 Å². The number of hydrogen-bond donors (Lipinski definition) is 1. The van der Waals surface area contributed by atoms with E-state index in [0.717, 1.165) is 11.3 Å². The lowest BCUT2D eigenvalue weighted by Crippen LogP contribution is -2.03. The van der Waals surface area contributed by atoms with Gasteiger partial charge in [-0.1, -0.05) is 12.1 Å². The monoisotopic (exact) mass is 319 g/mol. The summed E-state index contributed by atoms with van der Waals surface area (Å²) in [4.78, 5) is 16.6. The quantitative estimate of drug-likeness (QED) is 0.571. The van der Waals surface area contributed by atoms with E-state index in [9.17, 15) is 9.90 Å². The summed E-state index contributed by atoms with van der Waals surface area (Å²) in [5.41, 5.74) is 3.00. The highest BCUT2D eigenvalue weighted by molar-refractivity contribution is 5.85. The molecule has 0 amide bonds. The van der Waals surface area contributed by atoms with Gasteiger partial charge < -0.3 is 14.3 Å². The molecular weight excluding hydrogens is 306 g/mol. The minimum Gasteiger partial charge on any atom is -0.508 e. The van der Waals surface area contributed by atoms with Crippen molar-refractivity contribution < 1.29 is 14.3 Å². The molecule has 5 nitrogen and oxygen atoms in total. The lowest BCUT2D eigenvalue weighted by molar-refractivity contribution is 0.415. The number of phenols is 1. The lowest BCUT2D eigenvalue weighted by Gasteiger charge is -2.11. The van der Waals surface area contributed by atoms with E-state index in [1.165, 1.54) is 12.1 Å². The van der Waals surface area contributed by atoms with Gasteiger partial charge in [0, 0.05) is 17.7 Å². The molecule has 0 fully saturated rings. The summed E-state index contributed by atoms with van der Waals surface area (Å²) < 4.78 is 10.9. The summed E-state index contributed by atoms with van der Waals surface area (Å²) in [6.45, 7) is 0. The van der Waals surface area contributed by atoms with Gasteiger partial charge in [0.15, 0.2) is 16.8 Å². The number of benzene rings is 3. The molecule has 118 valence electrons. The molecule has 2 aromatic carbocycles. The van der Waals surface area contributed by atoms with Crippen LogP contribution in [0.1, 0.15) is 0 Å². The van der Waals surface area contributed by atoms with Crippen LogP contribution in [0.2, 0.25) is 0 Å². The van der Waals surface area contributed by atoms with E-state index >= 15 is 0 Å². The van der Waals surface area contributed by atoms with E-state index in [-0.39, 0.29) is 11.2 Å². The van der Waals surface area contributed by atoms with E-state index in [0.29, 0.717) is 28.1 Å². The van der Waals surface area contributed by atoms with Crippen LogP contribution in [0.4, 0.5) is 0 Å². The number of hydrogen-bond acceptors (Lipinski definition) is 5. The van der Waals surface area contributed by atoms with E-state index in [2.05, 4.69) is 4.98 Å². The van der Waals surface area contributed by atoms with Gasteiger partial charge in [0.05, 0.1) is 7.11 Å². The van der Waals surface area contributed by atoms with E-state index < -0.39 is 0 Å². The topological polar surface area (TPSA) is 72.6 Å². The summed E-state index contributed by atoms with van der Waals surface area (Å²) in [5, 5.41) is 9.58. The van der Waals surface area contributed by atoms with Gasteiger partial charge in [-0.05, 0) is 35.9 Å². The maximum absolute atomic E-state index is 12.0. The second-order valence-corrected chi connectivity index (χ2v) is 5.41. The number of nitrogens with zero attached hydrogens (tertiary/aromatic N) is 1. The van der Waals surface area contributed by atoms with Gasteiger partial charge in [-0.2, -0.15) is 0 Å². The van der Waals surface area contributed by atoms with E-state index in [4.69, 9.17) is 9.15 Å². The molecule has 0 saturated carbocycles. The Bertz CT molecular complexity index is 1070. The van der Waals surface area contributed by atoms with E-state index in [1.54, 1.807) is 25.3 Å². The zero-order valence-corrected chi connectivity index (χ0v) is 12.8. The van der Waals surface area contributed by atoms with Crippen molar-refractivity contribution in [1.82, 2.24) is 4.98 Å². The Kier molecular flexibility index (Phi) is 3.20. The molecule has 0 bridgehead atoms. The molecule has 0 unspecified atom stereocenters. The molecule has 24 heavy (non-hydrogen) atoms. The predicted octanol–water partition coefficient (Wildman–Crippen LogP) is 3.67. The van der Waals surface area contributed by atoms with Crippen LogP contribution in [0.15, 0.2) is 63.8 Å². The highest BCUT2D eigenvalue weighted by Gasteiger charge is 2.17. The minimum absolute atomic E-state index is 0.0843. The highest BCUT2D eigenvalue weighted by atomic mass is 16.5. The number of rotatable bonds is 2. The number of methoxy groups -OCH3 is 1. The standard InChI is InChI=1S/C19H13NO4/c1-23-14-5-2-11(3-6-14)15-8-13(22)10-18-19(15)20-16-7-4-12(21)9-17(16)24-18/h2-10,21H,1H3. The van der Waals surface area contributed by atoms with Gasteiger partial charge in [-0.25, -0.2) is 4.98 Å². The molecule has 5 heteroatoms. The van der Waals surface area contributed by atoms with Crippen molar-refractivity contribution in [3.8, 4) is 34.1 Å². The molecule has 0 radical (unpaired) electrons. The van der Waals surface area contributed by atoms with Gasteiger partial charge in [-0.3, -0.25) is 4.79 Å². The molecule has 0 saturated heterocycles. The predicted molar refractivity (Wildman–Crippen MR) is 90.6 cm³/mol. The van der Waals surface area contributed by atoms with Crippen molar-refractivity contribution in [3.63, 3.8) is 0 Å². The van der Waals surface area contributed by atoms with Crippen LogP contribution in [0.25, 0.3) is 33.7 Å². The van der Waals surface area contributed by atoms with Crippen molar-refractivity contribution in [2.75, 3.05) is 7.11 Å². The van der Waals surface area contributed by atoms with Crippen LogP contribution >= 0.6 is 0 Å². The summed E-state index contributed by atoms with van der Waals surface area (Å²) in [6.07, 6.45) is 0. The van der Waals surface area contributed by atoms with Crippen molar-refractivity contribution >= 4 is 11.1 Å². The lowest BCUT2D eigenvalue weighted by atomic mass is 10.0. The van der Waals surface area contributed by atoms with Crippen LogP contribution in [0, 0.1) is 0 Å². The minimum atomic E-state index is -0.168. The third kappa shape index (κ3) is 2.36. The van der Waals surface area contributed by atoms with Gasteiger partial charge in [0.2, 0.25) is 0 Å². The average Bonchev–Trinajstić information content (AvgIpc) is 2.59. The van der Waals surface area contributed by atoms with Crippen LogP contribution < -0.4 is 10.2 Å². The summed E-state index contributed by atoms with van der Waals surface area (Å²) in [7, 11) is 1.60. The first kappa shape index (κ1) is 14.3. The Morgan fingerprint density at radius 2 is 1.83 bits per heavy atom. The Balaban J connectivity index is 2.00. The third-order valence-electron chi connectivity index (χ3n) is 3.85. The van der Waals surface area contributed by atoms with Crippen LogP contribution in [-0.4, -0.2) is 17.2 Å². The van der Waals surface area contributed by atoms with Crippen molar-refractivity contribution in [2.24, 2.45) is 0 Å². The number of fused-ring (bicyclic) bond motifs is 2. The largest absolute Gasteiger partial charge is 0.508 e.